The molecule has 0 aromatic rings. The lowest BCUT2D eigenvalue weighted by molar-refractivity contribution is 0.0936. The number of rotatable bonds is 4. The highest BCUT2D eigenvalue weighted by Crippen LogP contribution is 2.14. The van der Waals surface area contributed by atoms with Gasteiger partial charge < -0.3 is 10.4 Å². The van der Waals surface area contributed by atoms with Gasteiger partial charge in [-0.3, -0.25) is 4.90 Å². The Morgan fingerprint density at radius 3 is 2.80 bits per heavy atom. The lowest BCUT2D eigenvalue weighted by atomic mass is 10.1. The average molecular weight is 214 g/mol. The van der Waals surface area contributed by atoms with Crippen LogP contribution in [0.25, 0.3) is 0 Å². The molecule has 0 saturated carbocycles. The van der Waals surface area contributed by atoms with Gasteiger partial charge in [0.1, 0.15) is 0 Å². The van der Waals surface area contributed by atoms with Crippen molar-refractivity contribution in [2.45, 2.75) is 45.7 Å². The molecule has 0 amide bonds. The van der Waals surface area contributed by atoms with Gasteiger partial charge in [0.2, 0.25) is 0 Å². The number of nitrogens with zero attached hydrogens (tertiary/aromatic N) is 1. The van der Waals surface area contributed by atoms with Crippen molar-refractivity contribution in [3.63, 3.8) is 0 Å². The largest absolute Gasteiger partial charge is 0.395 e. The Morgan fingerprint density at radius 1 is 1.47 bits per heavy atom. The first kappa shape index (κ1) is 12.9. The maximum Gasteiger partial charge on any atom is 0.0599 e. The number of aliphatic hydroxyl groups excluding tert-OH is 1. The molecule has 0 aromatic carbocycles. The van der Waals surface area contributed by atoms with Crippen LogP contribution in [0.4, 0.5) is 0 Å². The molecule has 0 spiro atoms. The minimum absolute atomic E-state index is 0.273. The van der Waals surface area contributed by atoms with Gasteiger partial charge in [-0.05, 0) is 38.8 Å². The van der Waals surface area contributed by atoms with Crippen molar-refractivity contribution in [1.29, 1.82) is 0 Å². The number of aliphatic hydroxyl groups is 1. The van der Waals surface area contributed by atoms with Crippen LogP contribution in [-0.4, -0.2) is 48.3 Å². The van der Waals surface area contributed by atoms with E-state index in [0.29, 0.717) is 12.1 Å². The third kappa shape index (κ3) is 4.09. The predicted molar refractivity (Wildman–Crippen MR) is 64.0 cm³/mol. The molecule has 2 unspecified atom stereocenters. The fourth-order valence-corrected chi connectivity index (χ4v) is 2.20. The van der Waals surface area contributed by atoms with Crippen LogP contribution in [0.5, 0.6) is 0 Å². The van der Waals surface area contributed by atoms with Crippen molar-refractivity contribution < 1.29 is 5.11 Å². The average Bonchev–Trinajstić information content (AvgIpc) is 2.37. The molecular weight excluding hydrogens is 188 g/mol. The van der Waals surface area contributed by atoms with E-state index >= 15 is 0 Å². The van der Waals surface area contributed by atoms with E-state index in [1.165, 1.54) is 12.8 Å². The molecule has 3 nitrogen and oxygen atoms in total. The summed E-state index contributed by atoms with van der Waals surface area (Å²) >= 11 is 0. The summed E-state index contributed by atoms with van der Waals surface area (Å²) < 4.78 is 0. The van der Waals surface area contributed by atoms with Gasteiger partial charge in [0.15, 0.2) is 0 Å². The van der Waals surface area contributed by atoms with Crippen molar-refractivity contribution in [2.24, 2.45) is 5.92 Å². The molecule has 2 atom stereocenters. The molecule has 1 saturated heterocycles. The molecule has 1 aliphatic rings. The maximum atomic E-state index is 9.39. The first-order chi connectivity index (χ1) is 7.15. The van der Waals surface area contributed by atoms with Gasteiger partial charge in [0, 0.05) is 18.6 Å². The van der Waals surface area contributed by atoms with Crippen LogP contribution in [0.2, 0.25) is 0 Å². The molecule has 0 aliphatic carbocycles. The standard InChI is InChI=1S/C12H26N2O/c1-10(2)5-7-14-11(3)4-6-13-8-12(14)9-15/h10-13,15H,4-9H2,1-3H3. The predicted octanol–water partition coefficient (Wildman–Crippen LogP) is 1.08. The molecule has 0 aromatic heterocycles. The maximum absolute atomic E-state index is 9.39. The molecule has 2 N–H and O–H groups in total. The molecule has 1 aliphatic heterocycles. The second-order valence-corrected chi connectivity index (χ2v) is 5.10. The number of hydrogen-bond donors (Lipinski definition) is 2. The number of nitrogens with one attached hydrogen (secondary N) is 1. The summed E-state index contributed by atoms with van der Waals surface area (Å²) in [5.74, 6) is 0.743. The molecule has 0 radical (unpaired) electrons. The second kappa shape index (κ2) is 6.46. The third-order valence-electron chi connectivity index (χ3n) is 3.33. The van der Waals surface area contributed by atoms with Gasteiger partial charge in [0.25, 0.3) is 0 Å². The van der Waals surface area contributed by atoms with Gasteiger partial charge in [-0.2, -0.15) is 0 Å². The minimum Gasteiger partial charge on any atom is -0.395 e. The Bertz CT molecular complexity index is 173. The van der Waals surface area contributed by atoms with Crippen LogP contribution in [0.3, 0.4) is 0 Å². The molecule has 3 heteroatoms. The van der Waals surface area contributed by atoms with E-state index in [0.717, 1.165) is 25.6 Å². The topological polar surface area (TPSA) is 35.5 Å². The van der Waals surface area contributed by atoms with Gasteiger partial charge in [-0.15, -0.1) is 0 Å². The zero-order valence-electron chi connectivity index (χ0n) is 10.4. The van der Waals surface area contributed by atoms with E-state index in [1.54, 1.807) is 0 Å². The van der Waals surface area contributed by atoms with Gasteiger partial charge in [0.05, 0.1) is 6.61 Å². The molecule has 1 rings (SSSR count). The smallest absolute Gasteiger partial charge is 0.0599 e. The SMILES string of the molecule is CC(C)CCN1C(C)CCNCC1CO. The summed E-state index contributed by atoms with van der Waals surface area (Å²) in [6.07, 6.45) is 2.41. The Kier molecular flexibility index (Phi) is 5.58. The van der Waals surface area contributed by atoms with Crippen LogP contribution in [0, 0.1) is 5.92 Å². The zero-order valence-corrected chi connectivity index (χ0v) is 10.4. The Labute approximate surface area is 93.9 Å². The molecule has 1 fully saturated rings. The lowest BCUT2D eigenvalue weighted by Crippen LogP contribution is -2.46. The van der Waals surface area contributed by atoms with Crippen LogP contribution in [0.1, 0.15) is 33.6 Å². The third-order valence-corrected chi connectivity index (χ3v) is 3.33. The second-order valence-electron chi connectivity index (χ2n) is 5.10. The molecule has 0 bridgehead atoms. The molecule has 1 heterocycles. The molecular formula is C12H26N2O. The summed E-state index contributed by atoms with van der Waals surface area (Å²) in [5.41, 5.74) is 0. The van der Waals surface area contributed by atoms with Crippen LogP contribution < -0.4 is 5.32 Å². The molecule has 90 valence electrons. The fourth-order valence-electron chi connectivity index (χ4n) is 2.20. The van der Waals surface area contributed by atoms with E-state index in [1.807, 2.05) is 0 Å². The zero-order chi connectivity index (χ0) is 11.3. The minimum atomic E-state index is 0.273. The van der Waals surface area contributed by atoms with Crippen molar-refractivity contribution >= 4 is 0 Å². The van der Waals surface area contributed by atoms with Crippen LogP contribution in [0.15, 0.2) is 0 Å². The summed E-state index contributed by atoms with van der Waals surface area (Å²) in [4.78, 5) is 2.47. The van der Waals surface area contributed by atoms with Gasteiger partial charge in [-0.1, -0.05) is 13.8 Å². The fraction of sp³-hybridized carbons (Fsp3) is 1.00. The van der Waals surface area contributed by atoms with E-state index in [2.05, 4.69) is 31.0 Å². The van der Waals surface area contributed by atoms with Crippen LogP contribution in [-0.2, 0) is 0 Å². The normalized spacial score (nSPS) is 29.4. The first-order valence-electron chi connectivity index (χ1n) is 6.22. The summed E-state index contributed by atoms with van der Waals surface area (Å²) in [7, 11) is 0. The lowest BCUT2D eigenvalue weighted by Gasteiger charge is -2.33. The first-order valence-corrected chi connectivity index (χ1v) is 6.22. The van der Waals surface area contributed by atoms with E-state index in [-0.39, 0.29) is 6.61 Å². The number of hydrogen-bond acceptors (Lipinski definition) is 3. The van der Waals surface area contributed by atoms with Crippen LogP contribution >= 0.6 is 0 Å². The highest BCUT2D eigenvalue weighted by atomic mass is 16.3. The van der Waals surface area contributed by atoms with Gasteiger partial charge in [-0.25, -0.2) is 0 Å². The van der Waals surface area contributed by atoms with E-state index in [4.69, 9.17) is 0 Å². The monoisotopic (exact) mass is 214 g/mol. The highest BCUT2D eigenvalue weighted by molar-refractivity contribution is 4.82. The Hall–Kier alpha value is -0.120. The van der Waals surface area contributed by atoms with E-state index < -0.39 is 0 Å². The Balaban J connectivity index is 2.51. The highest BCUT2D eigenvalue weighted by Gasteiger charge is 2.24. The quantitative estimate of drug-likeness (QED) is 0.735. The van der Waals surface area contributed by atoms with Crippen molar-refractivity contribution in [2.75, 3.05) is 26.2 Å². The summed E-state index contributed by atoms with van der Waals surface area (Å²) in [6, 6.07) is 0.900. The Morgan fingerprint density at radius 2 is 2.20 bits per heavy atom. The molecule has 15 heavy (non-hydrogen) atoms. The van der Waals surface area contributed by atoms with Crippen molar-refractivity contribution in [3.8, 4) is 0 Å². The van der Waals surface area contributed by atoms with E-state index in [9.17, 15) is 5.11 Å². The van der Waals surface area contributed by atoms with Crippen molar-refractivity contribution in [1.82, 2.24) is 10.2 Å². The van der Waals surface area contributed by atoms with Crippen molar-refractivity contribution in [3.05, 3.63) is 0 Å². The van der Waals surface area contributed by atoms with Gasteiger partial charge >= 0.3 is 0 Å². The summed E-state index contributed by atoms with van der Waals surface area (Å²) in [5, 5.41) is 12.8. The summed E-state index contributed by atoms with van der Waals surface area (Å²) in [6.45, 7) is 10.2.